The molecular formula is C20H13Cl2N3O2. The van der Waals surface area contributed by atoms with Crippen LogP contribution < -0.4 is 0 Å². The summed E-state index contributed by atoms with van der Waals surface area (Å²) in [5.74, 6) is -0.972. The molecule has 0 bridgehead atoms. The minimum atomic E-state index is -0.972. The summed E-state index contributed by atoms with van der Waals surface area (Å²) >= 11 is 12.2. The zero-order chi connectivity index (χ0) is 19.0. The molecule has 2 aromatic heterocycles. The van der Waals surface area contributed by atoms with E-state index in [1.165, 1.54) is 0 Å². The maximum absolute atomic E-state index is 11.2. The number of pyridine rings is 1. The quantitative estimate of drug-likeness (QED) is 0.516. The molecule has 0 aliphatic rings. The van der Waals surface area contributed by atoms with Gasteiger partial charge in [-0.15, -0.1) is 0 Å². The monoisotopic (exact) mass is 397 g/mol. The highest BCUT2D eigenvalue weighted by molar-refractivity contribution is 6.35. The number of hydrogen-bond donors (Lipinski definition) is 1. The van der Waals surface area contributed by atoms with Gasteiger partial charge in [-0.3, -0.25) is 0 Å². The van der Waals surface area contributed by atoms with Crippen LogP contribution in [0.1, 0.15) is 15.9 Å². The van der Waals surface area contributed by atoms with Crippen LogP contribution in [0.15, 0.2) is 60.9 Å². The van der Waals surface area contributed by atoms with Crippen molar-refractivity contribution in [3.05, 3.63) is 82.1 Å². The first-order valence-electron chi connectivity index (χ1n) is 8.11. The number of nitrogens with zero attached hydrogens (tertiary/aromatic N) is 3. The van der Waals surface area contributed by atoms with Crippen molar-refractivity contribution in [2.24, 2.45) is 0 Å². The highest BCUT2D eigenvalue weighted by atomic mass is 35.5. The fourth-order valence-corrected chi connectivity index (χ4v) is 3.33. The van der Waals surface area contributed by atoms with Gasteiger partial charge in [-0.05, 0) is 42.0 Å². The van der Waals surface area contributed by atoms with Gasteiger partial charge in [0.05, 0.1) is 24.1 Å². The fourth-order valence-electron chi connectivity index (χ4n) is 2.86. The molecule has 0 aliphatic carbocycles. The second-order valence-electron chi connectivity index (χ2n) is 6.03. The average molecular weight is 398 g/mol. The Morgan fingerprint density at radius 3 is 2.70 bits per heavy atom. The lowest BCUT2D eigenvalue weighted by atomic mass is 10.1. The molecule has 2 heterocycles. The summed E-state index contributed by atoms with van der Waals surface area (Å²) < 4.78 is 1.90. The van der Waals surface area contributed by atoms with E-state index in [-0.39, 0.29) is 5.56 Å². The average Bonchev–Trinajstić information content (AvgIpc) is 3.06. The zero-order valence-corrected chi connectivity index (χ0v) is 15.4. The van der Waals surface area contributed by atoms with Gasteiger partial charge in [-0.2, -0.15) is 0 Å². The highest BCUT2D eigenvalue weighted by Crippen LogP contribution is 2.25. The van der Waals surface area contributed by atoms with Crippen molar-refractivity contribution in [1.82, 2.24) is 14.5 Å². The standard InChI is InChI=1S/C20H13Cl2N3O2/c21-15-5-4-14(16(22)9-15)10-25-11-23-18-7-6-17(24-19(18)25)12-2-1-3-13(8-12)20(26)27/h1-9,11H,10H2,(H,26,27). The summed E-state index contributed by atoms with van der Waals surface area (Å²) in [6.07, 6.45) is 1.71. The van der Waals surface area contributed by atoms with Crippen molar-refractivity contribution in [2.75, 3.05) is 0 Å². The molecule has 0 radical (unpaired) electrons. The number of hydrogen-bond acceptors (Lipinski definition) is 3. The molecule has 0 aliphatic heterocycles. The zero-order valence-electron chi connectivity index (χ0n) is 13.9. The van der Waals surface area contributed by atoms with Gasteiger partial charge in [-0.25, -0.2) is 14.8 Å². The second kappa shape index (κ2) is 7.02. The Morgan fingerprint density at radius 2 is 1.93 bits per heavy atom. The topological polar surface area (TPSA) is 68.0 Å². The molecule has 4 rings (SSSR count). The largest absolute Gasteiger partial charge is 0.478 e. The van der Waals surface area contributed by atoms with Crippen molar-refractivity contribution in [2.45, 2.75) is 6.54 Å². The van der Waals surface area contributed by atoms with E-state index in [1.54, 1.807) is 36.7 Å². The minimum Gasteiger partial charge on any atom is -0.478 e. The predicted molar refractivity (Wildman–Crippen MR) is 105 cm³/mol. The lowest BCUT2D eigenvalue weighted by molar-refractivity contribution is 0.0697. The summed E-state index contributed by atoms with van der Waals surface area (Å²) in [6, 6.07) is 15.8. The summed E-state index contributed by atoms with van der Waals surface area (Å²) in [7, 11) is 0. The van der Waals surface area contributed by atoms with Gasteiger partial charge in [0.25, 0.3) is 0 Å². The van der Waals surface area contributed by atoms with E-state index in [9.17, 15) is 9.90 Å². The molecule has 0 saturated carbocycles. The van der Waals surface area contributed by atoms with Gasteiger partial charge in [0.1, 0.15) is 5.52 Å². The first-order valence-corrected chi connectivity index (χ1v) is 8.86. The van der Waals surface area contributed by atoms with E-state index < -0.39 is 5.97 Å². The third-order valence-corrected chi connectivity index (χ3v) is 4.81. The molecule has 5 nitrogen and oxygen atoms in total. The van der Waals surface area contributed by atoms with Gasteiger partial charge in [0, 0.05) is 15.6 Å². The van der Waals surface area contributed by atoms with Gasteiger partial charge in [0.2, 0.25) is 0 Å². The molecule has 0 saturated heterocycles. The van der Waals surface area contributed by atoms with Crippen LogP contribution in [0.5, 0.6) is 0 Å². The predicted octanol–water partition coefficient (Wildman–Crippen LogP) is 5.15. The smallest absolute Gasteiger partial charge is 0.335 e. The van der Waals surface area contributed by atoms with Crippen LogP contribution in [0, 0.1) is 0 Å². The Labute approximate surface area is 164 Å². The number of fused-ring (bicyclic) bond motifs is 1. The number of carbonyl (C=O) groups is 1. The number of imidazole rings is 1. The van der Waals surface area contributed by atoms with E-state index in [1.807, 2.05) is 28.8 Å². The molecule has 2 aromatic carbocycles. The molecule has 0 spiro atoms. The number of aromatic carboxylic acids is 1. The lowest BCUT2D eigenvalue weighted by Gasteiger charge is -2.08. The van der Waals surface area contributed by atoms with Crippen LogP contribution >= 0.6 is 23.2 Å². The SMILES string of the molecule is O=C(O)c1cccc(-c2ccc3ncn(Cc4ccc(Cl)cc4Cl)c3n2)c1. The van der Waals surface area contributed by atoms with Crippen molar-refractivity contribution >= 4 is 40.3 Å². The number of aromatic nitrogens is 3. The van der Waals surface area contributed by atoms with E-state index >= 15 is 0 Å². The first kappa shape index (κ1) is 17.5. The molecule has 134 valence electrons. The van der Waals surface area contributed by atoms with Crippen LogP contribution in [0.3, 0.4) is 0 Å². The van der Waals surface area contributed by atoms with E-state index in [0.29, 0.717) is 27.9 Å². The van der Waals surface area contributed by atoms with Crippen LogP contribution in [0.2, 0.25) is 10.0 Å². The van der Waals surface area contributed by atoms with Crippen molar-refractivity contribution < 1.29 is 9.90 Å². The lowest BCUT2D eigenvalue weighted by Crippen LogP contribution is -2.01. The number of benzene rings is 2. The third kappa shape index (κ3) is 3.52. The Hall–Kier alpha value is -2.89. The minimum absolute atomic E-state index is 0.218. The summed E-state index contributed by atoms with van der Waals surface area (Å²) in [4.78, 5) is 20.3. The summed E-state index contributed by atoms with van der Waals surface area (Å²) in [6.45, 7) is 0.498. The Bertz CT molecular complexity index is 1170. The molecule has 0 amide bonds. The molecule has 1 N–H and O–H groups in total. The molecular weight excluding hydrogens is 385 g/mol. The van der Waals surface area contributed by atoms with Crippen molar-refractivity contribution in [3.63, 3.8) is 0 Å². The third-order valence-electron chi connectivity index (χ3n) is 4.22. The number of carboxylic acids is 1. The van der Waals surface area contributed by atoms with Gasteiger partial charge < -0.3 is 9.67 Å². The number of halogens is 2. The van der Waals surface area contributed by atoms with Crippen LogP contribution in [-0.4, -0.2) is 25.6 Å². The second-order valence-corrected chi connectivity index (χ2v) is 6.88. The summed E-state index contributed by atoms with van der Waals surface area (Å²) in [5, 5.41) is 10.4. The van der Waals surface area contributed by atoms with Gasteiger partial charge in [0.15, 0.2) is 5.65 Å². The maximum Gasteiger partial charge on any atom is 0.335 e. The highest BCUT2D eigenvalue weighted by Gasteiger charge is 2.11. The van der Waals surface area contributed by atoms with Crippen LogP contribution in [0.25, 0.3) is 22.4 Å². The Balaban J connectivity index is 1.75. The van der Waals surface area contributed by atoms with E-state index in [0.717, 1.165) is 16.6 Å². The molecule has 4 aromatic rings. The molecule has 0 fully saturated rings. The van der Waals surface area contributed by atoms with E-state index in [2.05, 4.69) is 9.97 Å². The number of carboxylic acid groups (broad SMARTS) is 1. The molecule has 0 atom stereocenters. The van der Waals surface area contributed by atoms with Crippen molar-refractivity contribution in [1.29, 1.82) is 0 Å². The fraction of sp³-hybridized carbons (Fsp3) is 0.0500. The first-order chi connectivity index (χ1) is 13.0. The Morgan fingerprint density at radius 1 is 1.07 bits per heavy atom. The summed E-state index contributed by atoms with van der Waals surface area (Å²) in [5.41, 5.74) is 3.97. The Kier molecular flexibility index (Phi) is 4.56. The molecule has 7 heteroatoms. The van der Waals surface area contributed by atoms with Crippen molar-refractivity contribution in [3.8, 4) is 11.3 Å². The van der Waals surface area contributed by atoms with Crippen LogP contribution in [0.4, 0.5) is 0 Å². The van der Waals surface area contributed by atoms with Gasteiger partial charge in [-0.1, -0.05) is 41.4 Å². The molecule has 27 heavy (non-hydrogen) atoms. The van der Waals surface area contributed by atoms with E-state index in [4.69, 9.17) is 23.2 Å². The number of rotatable bonds is 4. The molecule has 0 unspecified atom stereocenters. The normalized spacial score (nSPS) is 11.0. The van der Waals surface area contributed by atoms with Gasteiger partial charge >= 0.3 is 5.97 Å². The van der Waals surface area contributed by atoms with Crippen LogP contribution in [-0.2, 0) is 6.54 Å². The maximum atomic E-state index is 11.2.